The standard InChI is InChI=1S/C19H12N2O3S/c1-24-19(23)13-8-6-12(7-9-13)10-14(11-20)18-21-17(22)15-4-2-3-5-16(15)25-18/h2-10H,1H3. The van der Waals surface area contributed by atoms with Crippen LogP contribution in [0.2, 0.25) is 0 Å². The highest BCUT2D eigenvalue weighted by Crippen LogP contribution is 2.24. The second-order valence-corrected chi connectivity index (χ2v) is 6.13. The van der Waals surface area contributed by atoms with E-state index in [0.29, 0.717) is 21.5 Å². The largest absolute Gasteiger partial charge is 0.465 e. The molecule has 0 amide bonds. The molecule has 0 bridgehead atoms. The fourth-order valence-electron chi connectivity index (χ4n) is 2.27. The molecular weight excluding hydrogens is 336 g/mol. The molecule has 0 saturated heterocycles. The van der Waals surface area contributed by atoms with E-state index in [1.54, 1.807) is 42.5 Å². The minimum atomic E-state index is -0.426. The van der Waals surface area contributed by atoms with Crippen LogP contribution in [0.15, 0.2) is 53.3 Å². The fourth-order valence-corrected chi connectivity index (χ4v) is 3.23. The molecule has 0 aliphatic carbocycles. The molecule has 122 valence electrons. The van der Waals surface area contributed by atoms with Crippen molar-refractivity contribution in [3.05, 3.63) is 75.0 Å². The molecule has 1 aromatic heterocycles. The molecule has 3 rings (SSSR count). The lowest BCUT2D eigenvalue weighted by molar-refractivity contribution is 0.0600. The van der Waals surface area contributed by atoms with Crippen molar-refractivity contribution in [2.45, 2.75) is 0 Å². The number of ether oxygens (including phenoxy) is 1. The summed E-state index contributed by atoms with van der Waals surface area (Å²) >= 11 is 1.29. The van der Waals surface area contributed by atoms with Gasteiger partial charge < -0.3 is 4.74 Å². The molecule has 5 nitrogen and oxygen atoms in total. The molecule has 0 saturated carbocycles. The number of aromatic nitrogens is 1. The van der Waals surface area contributed by atoms with Gasteiger partial charge in [-0.25, -0.2) is 4.79 Å². The first-order valence-electron chi connectivity index (χ1n) is 7.33. The maximum absolute atomic E-state index is 12.1. The summed E-state index contributed by atoms with van der Waals surface area (Å²) in [6.45, 7) is 0. The normalized spacial score (nSPS) is 11.1. The van der Waals surface area contributed by atoms with Crippen LogP contribution in [0.25, 0.3) is 21.7 Å². The van der Waals surface area contributed by atoms with Gasteiger partial charge in [-0.15, -0.1) is 11.3 Å². The average Bonchev–Trinajstić information content (AvgIpc) is 2.66. The van der Waals surface area contributed by atoms with Gasteiger partial charge in [0.05, 0.1) is 23.6 Å². The highest BCUT2D eigenvalue weighted by Gasteiger charge is 2.09. The molecule has 0 radical (unpaired) electrons. The smallest absolute Gasteiger partial charge is 0.337 e. The Balaban J connectivity index is 2.03. The predicted octanol–water partition coefficient (Wildman–Crippen LogP) is 3.51. The maximum Gasteiger partial charge on any atom is 0.337 e. The number of methoxy groups -OCH3 is 1. The molecule has 0 aliphatic rings. The molecule has 0 atom stereocenters. The van der Waals surface area contributed by atoms with Crippen molar-refractivity contribution in [2.75, 3.05) is 7.11 Å². The highest BCUT2D eigenvalue weighted by atomic mass is 32.1. The number of nitriles is 1. The van der Waals surface area contributed by atoms with Gasteiger partial charge in [0.2, 0.25) is 0 Å². The number of esters is 1. The fraction of sp³-hybridized carbons (Fsp3) is 0.0526. The molecule has 3 aromatic rings. The van der Waals surface area contributed by atoms with Crippen molar-refractivity contribution >= 4 is 39.0 Å². The summed E-state index contributed by atoms with van der Waals surface area (Å²) in [5.74, 6) is -0.426. The van der Waals surface area contributed by atoms with Gasteiger partial charge in [-0.3, -0.25) is 4.79 Å². The molecule has 6 heteroatoms. The third kappa shape index (κ3) is 3.47. The number of allylic oxidation sites excluding steroid dienone is 1. The second kappa shape index (κ2) is 7.07. The van der Waals surface area contributed by atoms with Crippen LogP contribution in [0.4, 0.5) is 0 Å². The van der Waals surface area contributed by atoms with Crippen LogP contribution >= 0.6 is 11.3 Å². The zero-order valence-electron chi connectivity index (χ0n) is 13.2. The summed E-state index contributed by atoms with van der Waals surface area (Å²) < 4.78 is 5.43. The SMILES string of the molecule is COC(=O)c1ccc(C=C(C#N)c2nc(=O)c3ccccc3s2)cc1. The van der Waals surface area contributed by atoms with Crippen molar-refractivity contribution in [1.82, 2.24) is 4.98 Å². The highest BCUT2D eigenvalue weighted by molar-refractivity contribution is 7.19. The number of carbonyl (C=O) groups excluding carboxylic acids is 1. The summed E-state index contributed by atoms with van der Waals surface area (Å²) in [6, 6.07) is 15.9. The van der Waals surface area contributed by atoms with E-state index in [2.05, 4.69) is 15.8 Å². The van der Waals surface area contributed by atoms with E-state index in [0.717, 1.165) is 10.3 Å². The van der Waals surface area contributed by atoms with Crippen molar-refractivity contribution in [3.63, 3.8) is 0 Å². The molecule has 25 heavy (non-hydrogen) atoms. The Morgan fingerprint density at radius 1 is 1.20 bits per heavy atom. The van der Waals surface area contributed by atoms with E-state index in [1.165, 1.54) is 18.4 Å². The number of benzene rings is 2. The van der Waals surface area contributed by atoms with Gasteiger partial charge in [0.15, 0.2) is 0 Å². The van der Waals surface area contributed by atoms with Gasteiger partial charge in [-0.05, 0) is 35.9 Å². The lowest BCUT2D eigenvalue weighted by Gasteiger charge is -2.02. The lowest BCUT2D eigenvalue weighted by atomic mass is 10.1. The number of nitrogens with zero attached hydrogens (tertiary/aromatic N) is 2. The van der Waals surface area contributed by atoms with E-state index >= 15 is 0 Å². The van der Waals surface area contributed by atoms with Crippen LogP contribution in [-0.4, -0.2) is 18.1 Å². The van der Waals surface area contributed by atoms with Crippen molar-refractivity contribution in [3.8, 4) is 6.07 Å². The van der Waals surface area contributed by atoms with Crippen molar-refractivity contribution in [2.24, 2.45) is 0 Å². The van der Waals surface area contributed by atoms with Crippen LogP contribution in [0.3, 0.4) is 0 Å². The summed E-state index contributed by atoms with van der Waals surface area (Å²) in [4.78, 5) is 27.6. The molecule has 0 N–H and O–H groups in total. The Morgan fingerprint density at radius 3 is 2.60 bits per heavy atom. The number of hydrogen-bond acceptors (Lipinski definition) is 6. The van der Waals surface area contributed by atoms with Gasteiger partial charge in [0, 0.05) is 4.70 Å². The summed E-state index contributed by atoms with van der Waals surface area (Å²) in [7, 11) is 1.32. The van der Waals surface area contributed by atoms with Crippen LogP contribution in [0.5, 0.6) is 0 Å². The number of hydrogen-bond donors (Lipinski definition) is 0. The van der Waals surface area contributed by atoms with Crippen molar-refractivity contribution < 1.29 is 9.53 Å². The zero-order chi connectivity index (χ0) is 17.8. The van der Waals surface area contributed by atoms with Crippen LogP contribution < -0.4 is 5.56 Å². The Kier molecular flexibility index (Phi) is 4.68. The minimum Gasteiger partial charge on any atom is -0.465 e. The number of fused-ring (bicyclic) bond motifs is 1. The molecule has 0 spiro atoms. The van der Waals surface area contributed by atoms with Gasteiger partial charge in [-0.2, -0.15) is 10.2 Å². The summed E-state index contributed by atoms with van der Waals surface area (Å²) in [5.41, 5.74) is 1.08. The average molecular weight is 348 g/mol. The van der Waals surface area contributed by atoms with Crippen molar-refractivity contribution in [1.29, 1.82) is 5.26 Å². The molecular formula is C19H12N2O3S. The lowest BCUT2D eigenvalue weighted by Crippen LogP contribution is -2.07. The zero-order valence-corrected chi connectivity index (χ0v) is 14.0. The van der Waals surface area contributed by atoms with E-state index < -0.39 is 5.97 Å². The van der Waals surface area contributed by atoms with Crippen LogP contribution in [0, 0.1) is 11.3 Å². The quantitative estimate of drug-likeness (QED) is 0.534. The van der Waals surface area contributed by atoms with E-state index in [-0.39, 0.29) is 5.56 Å². The third-order valence-corrected chi connectivity index (χ3v) is 4.60. The molecule has 2 aromatic carbocycles. The number of carbonyl (C=O) groups is 1. The number of rotatable bonds is 3. The van der Waals surface area contributed by atoms with Gasteiger partial charge in [0.25, 0.3) is 5.56 Å². The first-order chi connectivity index (χ1) is 12.1. The Hall–Kier alpha value is -3.30. The van der Waals surface area contributed by atoms with Crippen LogP contribution in [0.1, 0.15) is 20.9 Å². The van der Waals surface area contributed by atoms with Gasteiger partial charge in [-0.1, -0.05) is 24.3 Å². The Labute approximate surface area is 147 Å². The van der Waals surface area contributed by atoms with Crippen LogP contribution in [-0.2, 0) is 4.74 Å². The van der Waals surface area contributed by atoms with E-state index in [9.17, 15) is 14.9 Å². The maximum atomic E-state index is 12.1. The van der Waals surface area contributed by atoms with E-state index in [4.69, 9.17) is 0 Å². The first-order valence-corrected chi connectivity index (χ1v) is 8.14. The van der Waals surface area contributed by atoms with Gasteiger partial charge in [0.1, 0.15) is 11.1 Å². The minimum absolute atomic E-state index is 0.290. The molecule has 0 aliphatic heterocycles. The molecule has 1 heterocycles. The third-order valence-electron chi connectivity index (χ3n) is 3.52. The Bertz CT molecular complexity index is 1080. The topological polar surface area (TPSA) is 80.1 Å². The van der Waals surface area contributed by atoms with E-state index in [1.807, 2.05) is 12.1 Å². The Morgan fingerprint density at radius 2 is 1.92 bits per heavy atom. The molecule has 0 fully saturated rings. The van der Waals surface area contributed by atoms with Gasteiger partial charge >= 0.3 is 5.97 Å². The molecule has 0 unspecified atom stereocenters. The summed E-state index contributed by atoms with van der Waals surface area (Å²) in [5, 5.41) is 10.4. The second-order valence-electron chi connectivity index (χ2n) is 5.10. The first kappa shape index (κ1) is 16.6. The summed E-state index contributed by atoms with van der Waals surface area (Å²) in [6.07, 6.45) is 1.63. The predicted molar refractivity (Wildman–Crippen MR) is 97.2 cm³/mol. The monoisotopic (exact) mass is 348 g/mol.